The Labute approximate surface area is 222 Å². The molecular formula is C29H30N2O6S. The van der Waals surface area contributed by atoms with Gasteiger partial charge in [-0.05, 0) is 86.2 Å². The van der Waals surface area contributed by atoms with E-state index in [-0.39, 0.29) is 23.4 Å². The summed E-state index contributed by atoms with van der Waals surface area (Å²) in [6.07, 6.45) is 2.20. The van der Waals surface area contributed by atoms with Crippen LogP contribution in [0, 0.1) is 6.92 Å². The molecule has 2 aliphatic rings. The van der Waals surface area contributed by atoms with E-state index in [1.165, 1.54) is 10.4 Å². The minimum absolute atomic E-state index is 0.180. The molecule has 0 spiro atoms. The summed E-state index contributed by atoms with van der Waals surface area (Å²) in [6.45, 7) is 4.06. The maximum absolute atomic E-state index is 13.3. The highest BCUT2D eigenvalue weighted by Gasteiger charge is 2.52. The predicted octanol–water partition coefficient (Wildman–Crippen LogP) is 4.36. The number of anilines is 2. The number of carbonyl (C=O) groups excluding carboxylic acids is 2. The molecule has 1 fully saturated rings. The number of sulfonamides is 1. The number of para-hydroxylation sites is 1. The maximum Gasteiger partial charge on any atom is 0.316 e. The first-order valence-corrected chi connectivity index (χ1v) is 14.1. The fraction of sp³-hybridized carbons (Fsp3) is 0.310. The van der Waals surface area contributed by atoms with Crippen LogP contribution in [0.3, 0.4) is 0 Å². The summed E-state index contributed by atoms with van der Waals surface area (Å²) >= 11 is 0. The fourth-order valence-electron chi connectivity index (χ4n) is 4.85. The lowest BCUT2D eigenvalue weighted by Crippen LogP contribution is -2.29. The predicted molar refractivity (Wildman–Crippen MR) is 144 cm³/mol. The molecule has 3 aromatic rings. The first kappa shape index (κ1) is 25.8. The third kappa shape index (κ3) is 4.86. The van der Waals surface area contributed by atoms with Gasteiger partial charge in [-0.2, -0.15) is 0 Å². The molecule has 0 bridgehead atoms. The molecule has 1 aliphatic carbocycles. The third-order valence-corrected chi connectivity index (χ3v) is 8.88. The van der Waals surface area contributed by atoms with Crippen molar-refractivity contribution in [2.45, 2.75) is 43.4 Å². The number of carbonyl (C=O) groups is 2. The minimum atomic E-state index is -3.71. The summed E-state index contributed by atoms with van der Waals surface area (Å²) in [6, 6.07) is 19.4. The monoisotopic (exact) mass is 534 g/mol. The average molecular weight is 535 g/mol. The SMILES string of the molecule is CCOC(=O)C1(c2ccc(NC(=O)COc3ccc(S(=O)(=O)N4CCc5ccccc54)cc3C)cc2)CC1. The highest BCUT2D eigenvalue weighted by molar-refractivity contribution is 7.92. The number of aryl methyl sites for hydroxylation is 1. The van der Waals surface area contributed by atoms with Crippen molar-refractivity contribution in [3.05, 3.63) is 83.4 Å². The van der Waals surface area contributed by atoms with Crippen LogP contribution in [0.1, 0.15) is 36.5 Å². The summed E-state index contributed by atoms with van der Waals surface area (Å²) in [5.41, 5.74) is 3.25. The van der Waals surface area contributed by atoms with Crippen molar-refractivity contribution in [3.8, 4) is 5.75 Å². The Bertz CT molecular complexity index is 1480. The Balaban J connectivity index is 1.19. The molecule has 198 valence electrons. The van der Waals surface area contributed by atoms with Crippen LogP contribution in [0.4, 0.5) is 11.4 Å². The zero-order valence-corrected chi connectivity index (χ0v) is 22.2. The molecule has 5 rings (SSSR count). The molecule has 3 aromatic carbocycles. The van der Waals surface area contributed by atoms with Crippen molar-refractivity contribution in [1.29, 1.82) is 0 Å². The molecule has 0 aromatic heterocycles. The lowest BCUT2D eigenvalue weighted by molar-refractivity contribution is -0.146. The lowest BCUT2D eigenvalue weighted by Gasteiger charge is -2.20. The number of benzene rings is 3. The molecule has 38 heavy (non-hydrogen) atoms. The number of esters is 1. The van der Waals surface area contributed by atoms with Gasteiger partial charge in [-0.15, -0.1) is 0 Å². The number of rotatable bonds is 9. The Kier molecular flexibility index (Phi) is 6.88. The Morgan fingerprint density at radius 2 is 1.76 bits per heavy atom. The van der Waals surface area contributed by atoms with Gasteiger partial charge >= 0.3 is 5.97 Å². The molecule has 1 aliphatic heterocycles. The summed E-state index contributed by atoms with van der Waals surface area (Å²) in [5.74, 6) is -0.125. The molecule has 0 saturated heterocycles. The molecule has 1 N–H and O–H groups in total. The second-order valence-corrected chi connectivity index (χ2v) is 11.5. The van der Waals surface area contributed by atoms with Crippen LogP contribution < -0.4 is 14.4 Å². The number of nitrogens with one attached hydrogen (secondary N) is 1. The standard InChI is InChI=1S/C29H30N2O6S/c1-3-36-28(33)29(15-16-29)22-8-10-23(11-9-22)30-27(32)19-37-26-13-12-24(18-20(26)2)38(34,35)31-17-14-21-6-4-5-7-25(21)31/h4-13,18H,3,14-17,19H2,1-2H3,(H,30,32). The van der Waals surface area contributed by atoms with Gasteiger partial charge in [-0.3, -0.25) is 13.9 Å². The topological polar surface area (TPSA) is 102 Å². The number of nitrogens with zero attached hydrogens (tertiary/aromatic N) is 1. The van der Waals surface area contributed by atoms with Crippen molar-refractivity contribution < 1.29 is 27.5 Å². The van der Waals surface area contributed by atoms with E-state index < -0.39 is 15.4 Å². The van der Waals surface area contributed by atoms with E-state index in [1.54, 1.807) is 38.1 Å². The van der Waals surface area contributed by atoms with Crippen molar-refractivity contribution in [2.24, 2.45) is 0 Å². The van der Waals surface area contributed by atoms with Gasteiger partial charge in [0.1, 0.15) is 5.75 Å². The maximum atomic E-state index is 13.3. The van der Waals surface area contributed by atoms with Crippen LogP contribution in [0.15, 0.2) is 71.6 Å². The van der Waals surface area contributed by atoms with E-state index in [4.69, 9.17) is 9.47 Å². The molecule has 9 heteroatoms. The van der Waals surface area contributed by atoms with E-state index in [0.717, 1.165) is 24.0 Å². The first-order valence-electron chi connectivity index (χ1n) is 12.7. The van der Waals surface area contributed by atoms with Crippen LogP contribution in [0.5, 0.6) is 5.75 Å². The van der Waals surface area contributed by atoms with Gasteiger partial charge in [0, 0.05) is 12.2 Å². The van der Waals surface area contributed by atoms with Crippen LogP contribution in [-0.2, 0) is 36.2 Å². The molecule has 0 atom stereocenters. The third-order valence-electron chi connectivity index (χ3n) is 7.08. The molecule has 8 nitrogen and oxygen atoms in total. The highest BCUT2D eigenvalue weighted by atomic mass is 32.2. The van der Waals surface area contributed by atoms with Crippen molar-refractivity contribution in [2.75, 3.05) is 29.4 Å². The Morgan fingerprint density at radius 3 is 2.45 bits per heavy atom. The number of fused-ring (bicyclic) bond motifs is 1. The zero-order chi connectivity index (χ0) is 26.9. The van der Waals surface area contributed by atoms with E-state index in [9.17, 15) is 18.0 Å². The van der Waals surface area contributed by atoms with Crippen LogP contribution in [0.25, 0.3) is 0 Å². The zero-order valence-electron chi connectivity index (χ0n) is 21.4. The van der Waals surface area contributed by atoms with Crippen LogP contribution in [0.2, 0.25) is 0 Å². The van der Waals surface area contributed by atoms with E-state index >= 15 is 0 Å². The second kappa shape index (κ2) is 10.1. The van der Waals surface area contributed by atoms with Crippen LogP contribution >= 0.6 is 0 Å². The van der Waals surface area contributed by atoms with Gasteiger partial charge in [0.15, 0.2) is 6.61 Å². The van der Waals surface area contributed by atoms with Crippen molar-refractivity contribution in [3.63, 3.8) is 0 Å². The van der Waals surface area contributed by atoms with E-state index in [0.29, 0.717) is 42.3 Å². The molecule has 0 radical (unpaired) electrons. The molecule has 0 unspecified atom stereocenters. The number of ether oxygens (including phenoxy) is 2. The smallest absolute Gasteiger partial charge is 0.316 e. The van der Waals surface area contributed by atoms with Gasteiger partial charge in [-0.25, -0.2) is 8.42 Å². The quantitative estimate of drug-likeness (QED) is 0.410. The Morgan fingerprint density at radius 1 is 1.03 bits per heavy atom. The summed E-state index contributed by atoms with van der Waals surface area (Å²) in [5, 5.41) is 2.78. The van der Waals surface area contributed by atoms with Gasteiger partial charge in [0.05, 0.1) is 22.6 Å². The normalized spacial score (nSPS) is 15.5. The largest absolute Gasteiger partial charge is 0.483 e. The number of hydrogen-bond donors (Lipinski definition) is 1. The fourth-order valence-corrected chi connectivity index (χ4v) is 6.44. The number of amides is 1. The molecule has 1 amide bonds. The highest BCUT2D eigenvalue weighted by Crippen LogP contribution is 2.49. The van der Waals surface area contributed by atoms with Crippen molar-refractivity contribution in [1.82, 2.24) is 0 Å². The summed E-state index contributed by atoms with van der Waals surface area (Å²) in [4.78, 5) is 25.0. The summed E-state index contributed by atoms with van der Waals surface area (Å²) < 4.78 is 38.9. The van der Waals surface area contributed by atoms with E-state index in [2.05, 4.69) is 5.32 Å². The van der Waals surface area contributed by atoms with Gasteiger partial charge in [0.2, 0.25) is 0 Å². The van der Waals surface area contributed by atoms with Crippen molar-refractivity contribution >= 4 is 33.3 Å². The second-order valence-electron chi connectivity index (χ2n) is 9.60. The van der Waals surface area contributed by atoms with E-state index in [1.807, 2.05) is 36.4 Å². The molecular weight excluding hydrogens is 504 g/mol. The number of hydrogen-bond acceptors (Lipinski definition) is 6. The van der Waals surface area contributed by atoms with Gasteiger partial charge in [-0.1, -0.05) is 30.3 Å². The van der Waals surface area contributed by atoms with Gasteiger partial charge in [0.25, 0.3) is 15.9 Å². The molecule has 1 saturated carbocycles. The van der Waals surface area contributed by atoms with Gasteiger partial charge < -0.3 is 14.8 Å². The Hall–Kier alpha value is -3.85. The van der Waals surface area contributed by atoms with Crippen LogP contribution in [-0.4, -0.2) is 40.1 Å². The summed E-state index contributed by atoms with van der Waals surface area (Å²) in [7, 11) is -3.71. The molecule has 1 heterocycles. The lowest BCUT2D eigenvalue weighted by atomic mass is 9.96. The average Bonchev–Trinajstić information content (AvgIpc) is 3.60. The first-order chi connectivity index (χ1) is 18.2. The minimum Gasteiger partial charge on any atom is -0.483 e.